The summed E-state index contributed by atoms with van der Waals surface area (Å²) in [6.07, 6.45) is -0.421. The van der Waals surface area contributed by atoms with Crippen molar-refractivity contribution in [3.8, 4) is 0 Å². The fourth-order valence-electron chi connectivity index (χ4n) is 1.39. The van der Waals surface area contributed by atoms with E-state index in [1.54, 1.807) is 6.07 Å². The molecule has 15 heavy (non-hydrogen) atoms. The Balaban J connectivity index is 0.00000112. The second-order valence-corrected chi connectivity index (χ2v) is 3.57. The van der Waals surface area contributed by atoms with Crippen molar-refractivity contribution in [3.63, 3.8) is 0 Å². The summed E-state index contributed by atoms with van der Waals surface area (Å²) in [6.45, 7) is 3.37. The zero-order chi connectivity index (χ0) is 9.97. The van der Waals surface area contributed by atoms with Crippen molar-refractivity contribution in [1.29, 1.82) is 0 Å². The van der Waals surface area contributed by atoms with Crippen LogP contribution in [0.3, 0.4) is 0 Å². The minimum absolute atomic E-state index is 0. The minimum atomic E-state index is -0.421. The molecule has 0 radical (unpaired) electrons. The van der Waals surface area contributed by atoms with Gasteiger partial charge in [-0.3, -0.25) is 0 Å². The predicted molar refractivity (Wildman–Crippen MR) is 49.0 cm³/mol. The molecule has 0 aliphatic carbocycles. The van der Waals surface area contributed by atoms with Gasteiger partial charge in [0.1, 0.15) is 0 Å². The largest absolute Gasteiger partial charge is 0.350 e. The molecule has 2 nitrogen and oxygen atoms in total. The molecule has 4 heteroatoms. The molecule has 1 aliphatic rings. The van der Waals surface area contributed by atoms with Gasteiger partial charge in [0.25, 0.3) is 0 Å². The van der Waals surface area contributed by atoms with Crippen LogP contribution in [0.5, 0.6) is 0 Å². The molecule has 0 N–H and O–H groups in total. The number of halogens is 1. The maximum absolute atomic E-state index is 12.8. The Bertz CT molecular complexity index is 311. The fourth-order valence-corrected chi connectivity index (χ4v) is 1.39. The third-order valence-electron chi connectivity index (χ3n) is 2.13. The third-order valence-corrected chi connectivity index (χ3v) is 2.13. The van der Waals surface area contributed by atoms with E-state index in [1.807, 2.05) is 0 Å². The summed E-state index contributed by atoms with van der Waals surface area (Å²) in [5.41, 5.74) is 0.716. The minimum Gasteiger partial charge on any atom is -0.350 e. The van der Waals surface area contributed by atoms with Gasteiger partial charge in [-0.05, 0) is 0 Å². The van der Waals surface area contributed by atoms with E-state index >= 15 is 0 Å². The van der Waals surface area contributed by atoms with E-state index in [-0.39, 0.29) is 25.3 Å². The van der Waals surface area contributed by atoms with Gasteiger partial charge in [0.15, 0.2) is 6.29 Å². The van der Waals surface area contributed by atoms with Gasteiger partial charge in [-0.1, -0.05) is 12.5 Å². The fraction of sp³-hybridized carbons (Fsp3) is 0.455. The molecule has 0 saturated carbocycles. The number of benzene rings is 1. The summed E-state index contributed by atoms with van der Waals surface area (Å²) in [5, 5.41) is 0. The van der Waals surface area contributed by atoms with Crippen molar-refractivity contribution in [2.75, 3.05) is 13.2 Å². The quantitative estimate of drug-likeness (QED) is 0.570. The van der Waals surface area contributed by atoms with Crippen molar-refractivity contribution in [3.05, 3.63) is 35.6 Å². The van der Waals surface area contributed by atoms with E-state index in [1.165, 1.54) is 12.1 Å². The molecule has 0 spiro atoms. The molecule has 0 amide bonds. The smallest absolute Gasteiger partial charge is 0.161 e. The van der Waals surface area contributed by atoms with E-state index in [0.29, 0.717) is 24.7 Å². The Labute approximate surface area is 102 Å². The Hall–Kier alpha value is -0.307. The molecule has 1 saturated heterocycles. The van der Waals surface area contributed by atoms with E-state index in [9.17, 15) is 4.39 Å². The zero-order valence-electron chi connectivity index (χ0n) is 8.70. The van der Waals surface area contributed by atoms with Crippen LogP contribution in [-0.2, 0) is 29.0 Å². The van der Waals surface area contributed by atoms with E-state index in [2.05, 4.69) is 13.0 Å². The van der Waals surface area contributed by atoms with Gasteiger partial charge >= 0.3 is 0 Å². The standard InChI is InChI=1S/C11H12FO2.Zn/c1-8-6-13-11(14-7-8)9-3-2-4-10(12)5-9;/h2-3,5,8,11H,6-7H2,1H3;/q-1;. The summed E-state index contributed by atoms with van der Waals surface area (Å²) >= 11 is 0. The molecule has 0 bridgehead atoms. The van der Waals surface area contributed by atoms with Crippen molar-refractivity contribution in [1.82, 2.24) is 0 Å². The average Bonchev–Trinajstić information content (AvgIpc) is 2.19. The Morgan fingerprint density at radius 1 is 1.40 bits per heavy atom. The third kappa shape index (κ3) is 3.34. The van der Waals surface area contributed by atoms with Crippen LogP contribution < -0.4 is 0 Å². The van der Waals surface area contributed by atoms with Crippen LogP contribution >= 0.6 is 0 Å². The second-order valence-electron chi connectivity index (χ2n) is 3.57. The van der Waals surface area contributed by atoms with Gasteiger partial charge in [-0.15, -0.1) is 12.1 Å². The van der Waals surface area contributed by atoms with Crippen LogP contribution in [0, 0.1) is 17.8 Å². The normalized spacial score (nSPS) is 25.7. The van der Waals surface area contributed by atoms with Gasteiger partial charge in [0, 0.05) is 31.2 Å². The molecular formula is C11H12FO2Zn-. The van der Waals surface area contributed by atoms with Crippen molar-refractivity contribution in [2.45, 2.75) is 13.2 Å². The monoisotopic (exact) mass is 259 g/mol. The van der Waals surface area contributed by atoms with Crippen LogP contribution in [0.25, 0.3) is 0 Å². The Morgan fingerprint density at radius 2 is 2.07 bits per heavy atom. The summed E-state index contributed by atoms with van der Waals surface area (Å²) in [4.78, 5) is 0. The maximum atomic E-state index is 12.8. The van der Waals surface area contributed by atoms with Crippen LogP contribution in [0.1, 0.15) is 18.8 Å². The predicted octanol–water partition coefficient (Wildman–Crippen LogP) is 2.30. The SMILES string of the molecule is CC1COC(c2cc[c-]c(F)c2)OC1.[Zn]. The maximum Gasteiger partial charge on any atom is 0.161 e. The van der Waals surface area contributed by atoms with Crippen LogP contribution in [0.15, 0.2) is 18.2 Å². The van der Waals surface area contributed by atoms with E-state index < -0.39 is 6.29 Å². The molecule has 0 unspecified atom stereocenters. The number of rotatable bonds is 1. The number of hydrogen-bond donors (Lipinski definition) is 0. The van der Waals surface area contributed by atoms with Gasteiger partial charge < -0.3 is 9.47 Å². The molecule has 0 aromatic heterocycles. The Morgan fingerprint density at radius 3 is 2.67 bits per heavy atom. The van der Waals surface area contributed by atoms with Gasteiger partial charge in [-0.25, -0.2) is 4.39 Å². The first kappa shape index (κ1) is 12.8. The molecule has 2 rings (SSSR count). The first-order valence-electron chi connectivity index (χ1n) is 4.66. The summed E-state index contributed by atoms with van der Waals surface area (Å²) in [5.74, 6) is 0.0275. The Kier molecular flexibility index (Phi) is 4.84. The summed E-state index contributed by atoms with van der Waals surface area (Å²) < 4.78 is 23.7. The second kappa shape index (κ2) is 5.69. The summed E-state index contributed by atoms with van der Waals surface area (Å²) in [6, 6.07) is 7.12. The van der Waals surface area contributed by atoms with Crippen LogP contribution in [0.4, 0.5) is 4.39 Å². The number of hydrogen-bond acceptors (Lipinski definition) is 2. The molecular weight excluding hydrogens is 249 g/mol. The van der Waals surface area contributed by atoms with Crippen molar-refractivity contribution < 1.29 is 33.3 Å². The van der Waals surface area contributed by atoms with Gasteiger partial charge in [0.05, 0.1) is 13.2 Å². The molecule has 0 atom stereocenters. The average molecular weight is 261 g/mol. The molecule has 1 aromatic rings. The zero-order valence-corrected chi connectivity index (χ0v) is 11.7. The molecule has 1 heterocycles. The topological polar surface area (TPSA) is 18.5 Å². The van der Waals surface area contributed by atoms with Crippen molar-refractivity contribution in [2.24, 2.45) is 5.92 Å². The van der Waals surface area contributed by atoms with E-state index in [4.69, 9.17) is 9.47 Å². The molecule has 1 aliphatic heterocycles. The number of ether oxygens (including phenoxy) is 2. The van der Waals surface area contributed by atoms with Crippen molar-refractivity contribution >= 4 is 0 Å². The van der Waals surface area contributed by atoms with Gasteiger partial charge in [-0.2, -0.15) is 12.1 Å². The molecule has 1 fully saturated rings. The first-order valence-corrected chi connectivity index (χ1v) is 4.66. The molecule has 1 aromatic carbocycles. The van der Waals surface area contributed by atoms with Crippen LogP contribution in [0.2, 0.25) is 0 Å². The van der Waals surface area contributed by atoms with Crippen LogP contribution in [-0.4, -0.2) is 13.2 Å². The van der Waals surface area contributed by atoms with E-state index in [0.717, 1.165) is 0 Å². The summed E-state index contributed by atoms with van der Waals surface area (Å²) in [7, 11) is 0. The van der Waals surface area contributed by atoms with Gasteiger partial charge in [0.2, 0.25) is 0 Å². The first-order chi connectivity index (χ1) is 6.75. The molecule has 78 valence electrons.